The van der Waals surface area contributed by atoms with E-state index in [-0.39, 0.29) is 16.5 Å². The highest BCUT2D eigenvalue weighted by atomic mass is 32.2. The number of fused-ring (bicyclic) bond motifs is 1. The first-order valence-electron chi connectivity index (χ1n) is 8.96. The Morgan fingerprint density at radius 3 is 2.04 bits per heavy atom. The van der Waals surface area contributed by atoms with E-state index in [1.54, 1.807) is 0 Å². The zero-order chi connectivity index (χ0) is 23.3. The lowest BCUT2D eigenvalue weighted by Gasteiger charge is -2.05. The summed E-state index contributed by atoms with van der Waals surface area (Å²) in [6, 6.07) is 1.97. The Morgan fingerprint density at radius 2 is 1.44 bits per heavy atom. The predicted molar refractivity (Wildman–Crippen MR) is 95.9 cm³/mol. The lowest BCUT2D eigenvalue weighted by atomic mass is 10.1. The van der Waals surface area contributed by atoms with Crippen molar-refractivity contribution in [1.29, 1.82) is 0 Å². The lowest BCUT2D eigenvalue weighted by Crippen LogP contribution is -1.97. The zero-order valence-corrected chi connectivity index (χ0v) is 14.7. The molecule has 3 aromatic carbocycles. The molecule has 11 heteroatoms. The Kier molecular flexibility index (Phi) is 3.53. The van der Waals surface area contributed by atoms with Crippen molar-refractivity contribution in [3.8, 4) is 5.75 Å². The van der Waals surface area contributed by atoms with Gasteiger partial charge >= 0.3 is 0 Å². The molecular formula is C16H12N2O7S2. The van der Waals surface area contributed by atoms with E-state index in [4.69, 9.17) is 14.6 Å². The number of hydrogen-bond donors (Lipinski definition) is 3. The molecule has 0 atom stereocenters. The maximum absolute atomic E-state index is 11.4. The number of aromatic hydroxyl groups is 1. The van der Waals surface area contributed by atoms with Gasteiger partial charge in [0.2, 0.25) is 0 Å². The van der Waals surface area contributed by atoms with Crippen molar-refractivity contribution in [2.24, 2.45) is 10.2 Å². The van der Waals surface area contributed by atoms with Crippen LogP contribution < -0.4 is 0 Å². The van der Waals surface area contributed by atoms with Crippen LogP contribution in [-0.2, 0) is 20.2 Å². The summed E-state index contributed by atoms with van der Waals surface area (Å²) >= 11 is 0. The maximum atomic E-state index is 11.4. The molecule has 0 aliphatic heterocycles. The zero-order valence-electron chi connectivity index (χ0n) is 17.1. The summed E-state index contributed by atoms with van der Waals surface area (Å²) in [6.07, 6.45) is 0. The molecule has 3 aromatic rings. The second kappa shape index (κ2) is 6.70. The van der Waals surface area contributed by atoms with E-state index in [0.717, 1.165) is 18.2 Å². The molecule has 0 saturated carbocycles. The summed E-state index contributed by atoms with van der Waals surface area (Å²) in [7, 11) is -9.53. The average molecular weight is 412 g/mol. The van der Waals surface area contributed by atoms with E-state index in [1.165, 1.54) is 12.1 Å². The molecule has 27 heavy (non-hydrogen) atoms. The summed E-state index contributed by atoms with van der Waals surface area (Å²) in [5.41, 5.74) is -0.872. The fourth-order valence-electron chi connectivity index (χ4n) is 2.12. The fraction of sp³-hybridized carbons (Fsp3) is 0. The largest absolute Gasteiger partial charge is 0.506 e. The van der Waals surface area contributed by atoms with Gasteiger partial charge in [0, 0.05) is 5.39 Å². The second-order valence-corrected chi connectivity index (χ2v) is 7.92. The quantitative estimate of drug-likeness (QED) is 0.438. The van der Waals surface area contributed by atoms with Crippen molar-refractivity contribution >= 4 is 42.4 Å². The van der Waals surface area contributed by atoms with Crippen LogP contribution in [0.25, 0.3) is 10.8 Å². The molecule has 0 fully saturated rings. The van der Waals surface area contributed by atoms with E-state index in [2.05, 4.69) is 10.2 Å². The molecule has 3 N–H and O–H groups in total. The van der Waals surface area contributed by atoms with Gasteiger partial charge < -0.3 is 5.11 Å². The minimum atomic E-state index is -5.04. The van der Waals surface area contributed by atoms with E-state index in [9.17, 15) is 21.9 Å². The van der Waals surface area contributed by atoms with Crippen LogP contribution in [0.1, 0.15) is 5.48 Å². The minimum Gasteiger partial charge on any atom is -0.506 e. The minimum absolute atomic E-state index is 0.181. The van der Waals surface area contributed by atoms with Gasteiger partial charge in [-0.15, -0.1) is 5.11 Å². The fourth-order valence-corrected chi connectivity index (χ4v) is 2.99. The number of phenolic OH excluding ortho intramolecular Hbond substituents is 1. The van der Waals surface area contributed by atoms with Gasteiger partial charge in [0.1, 0.15) is 11.4 Å². The van der Waals surface area contributed by atoms with Gasteiger partial charge in [-0.25, -0.2) is 0 Å². The summed E-state index contributed by atoms with van der Waals surface area (Å²) in [4.78, 5) is -1.62. The topological polar surface area (TPSA) is 154 Å². The molecule has 3 rings (SSSR count). The first-order chi connectivity index (χ1) is 14.2. The molecule has 0 bridgehead atoms. The van der Waals surface area contributed by atoms with Crippen molar-refractivity contribution in [1.82, 2.24) is 0 Å². The van der Waals surface area contributed by atoms with Crippen molar-refractivity contribution in [3.63, 3.8) is 0 Å². The average Bonchev–Trinajstić information content (AvgIpc) is 2.65. The Morgan fingerprint density at radius 1 is 0.815 bits per heavy atom. The highest BCUT2D eigenvalue weighted by Crippen LogP contribution is 2.37. The van der Waals surface area contributed by atoms with E-state index in [1.807, 2.05) is 0 Å². The second-order valence-electron chi connectivity index (χ2n) is 5.14. The molecule has 0 aromatic heterocycles. The standard InChI is InChI=1S/C16H12N2O7S2/c19-15-8-1-10-9-13(27(23,24)25)6-7-14(10)16(15)18-17-11-2-4-12(5-3-11)26(20,21)22/h1-9,19H,(H,20,21,22)(H,23,24,25)/i2D,3D,4D,5D. The predicted octanol–water partition coefficient (Wildman–Crippen LogP) is 3.45. The molecule has 0 aliphatic carbocycles. The Bertz CT molecular complexity index is 1460. The van der Waals surface area contributed by atoms with Crippen molar-refractivity contribution < 1.29 is 36.5 Å². The van der Waals surface area contributed by atoms with E-state index < -0.39 is 65.6 Å². The van der Waals surface area contributed by atoms with Crippen molar-refractivity contribution in [2.45, 2.75) is 9.79 Å². The summed E-state index contributed by atoms with van der Waals surface area (Å²) in [5.74, 6) is -0.416. The van der Waals surface area contributed by atoms with Crippen molar-refractivity contribution in [2.75, 3.05) is 0 Å². The van der Waals surface area contributed by atoms with Crippen LogP contribution in [0.5, 0.6) is 5.75 Å². The van der Waals surface area contributed by atoms with Crippen LogP contribution >= 0.6 is 0 Å². The molecule has 0 heterocycles. The number of benzene rings is 3. The summed E-state index contributed by atoms with van der Waals surface area (Å²) in [6.45, 7) is 0. The van der Waals surface area contributed by atoms with Crippen molar-refractivity contribution in [3.05, 3.63) is 54.5 Å². The lowest BCUT2D eigenvalue weighted by molar-refractivity contribution is 0.477. The van der Waals surface area contributed by atoms with Crippen LogP contribution in [-0.4, -0.2) is 31.0 Å². The number of rotatable bonds is 4. The van der Waals surface area contributed by atoms with E-state index >= 15 is 0 Å². The Balaban J connectivity index is 2.22. The van der Waals surface area contributed by atoms with Crippen LogP contribution in [0.15, 0.2) is 74.5 Å². The molecule has 0 radical (unpaired) electrons. The molecule has 140 valence electrons. The van der Waals surface area contributed by atoms with Gasteiger partial charge in [0.25, 0.3) is 20.2 Å². The SMILES string of the molecule is [2H]c1c([2H])c(S(=O)(=O)O)c([2H])c([2H])c1N=Nc1c(O)ccc2cc(S(=O)(=O)O)ccc12. The first kappa shape index (κ1) is 14.2. The maximum Gasteiger partial charge on any atom is 0.294 e. The summed E-state index contributed by atoms with van der Waals surface area (Å²) in [5, 5.41) is 17.9. The summed E-state index contributed by atoms with van der Waals surface area (Å²) < 4.78 is 94.8. The third-order valence-electron chi connectivity index (χ3n) is 3.34. The number of azo groups is 1. The van der Waals surface area contributed by atoms with Crippen LogP contribution in [0.2, 0.25) is 0 Å². The molecule has 0 amide bonds. The molecule has 0 saturated heterocycles. The third-order valence-corrected chi connectivity index (χ3v) is 4.91. The van der Waals surface area contributed by atoms with Crippen LogP contribution in [0.3, 0.4) is 0 Å². The van der Waals surface area contributed by atoms with Gasteiger partial charge in [0.05, 0.1) is 21.0 Å². The normalized spacial score (nSPS) is 14.7. The Hall–Kier alpha value is -2.86. The van der Waals surface area contributed by atoms with Gasteiger partial charge in [-0.1, -0.05) is 12.1 Å². The van der Waals surface area contributed by atoms with Gasteiger partial charge in [-0.3, -0.25) is 9.11 Å². The molecule has 9 nitrogen and oxygen atoms in total. The van der Waals surface area contributed by atoms with Crippen LogP contribution in [0.4, 0.5) is 11.4 Å². The van der Waals surface area contributed by atoms with Gasteiger partial charge in [-0.05, 0) is 47.8 Å². The number of phenols is 1. The molecule has 0 aliphatic rings. The number of hydrogen-bond acceptors (Lipinski definition) is 7. The smallest absolute Gasteiger partial charge is 0.294 e. The number of nitrogens with zero attached hydrogens (tertiary/aromatic N) is 2. The molecule has 0 spiro atoms. The highest BCUT2D eigenvalue weighted by molar-refractivity contribution is 7.86. The molecular weight excluding hydrogens is 396 g/mol. The molecule has 0 unspecified atom stereocenters. The first-order valence-corrected chi connectivity index (χ1v) is 9.84. The van der Waals surface area contributed by atoms with Gasteiger partial charge in [-0.2, -0.15) is 21.9 Å². The monoisotopic (exact) mass is 412 g/mol. The van der Waals surface area contributed by atoms with Gasteiger partial charge in [0.15, 0.2) is 0 Å². The highest BCUT2D eigenvalue weighted by Gasteiger charge is 2.13. The van der Waals surface area contributed by atoms with E-state index in [0.29, 0.717) is 0 Å². The third kappa shape index (κ3) is 4.11. The Labute approximate surface area is 159 Å². The van der Waals surface area contributed by atoms with Crippen LogP contribution in [0, 0.1) is 0 Å².